The number of benzene rings is 1. The number of aromatic nitrogens is 2. The molecule has 2 aromatic rings. The molecule has 1 aromatic heterocycles. The standard InChI is InChI=1S/C15H20N4O/c1-3-19(4-2)13(20)10-12-14(17-18-15(12)16)11-8-6-5-7-9-11/h5-9H,3-4,10H2,1-2H3,(H3,16,17,18). The predicted molar refractivity (Wildman–Crippen MR) is 80.1 cm³/mol. The molecule has 0 spiro atoms. The van der Waals surface area contributed by atoms with Crippen molar-refractivity contribution in [3.8, 4) is 11.3 Å². The van der Waals surface area contributed by atoms with Crippen molar-refractivity contribution in [3.05, 3.63) is 35.9 Å². The first kappa shape index (κ1) is 14.1. The summed E-state index contributed by atoms with van der Waals surface area (Å²) in [4.78, 5) is 14.0. The molecule has 0 atom stereocenters. The summed E-state index contributed by atoms with van der Waals surface area (Å²) < 4.78 is 0. The summed E-state index contributed by atoms with van der Waals surface area (Å²) in [5.74, 6) is 0.463. The molecule has 5 nitrogen and oxygen atoms in total. The lowest BCUT2D eigenvalue weighted by atomic mass is 10.0. The minimum atomic E-state index is 0.0697. The van der Waals surface area contributed by atoms with Crippen LogP contribution in [-0.2, 0) is 11.2 Å². The molecule has 0 fully saturated rings. The van der Waals surface area contributed by atoms with Crippen molar-refractivity contribution in [2.45, 2.75) is 20.3 Å². The molecule has 0 bridgehead atoms. The first-order chi connectivity index (χ1) is 9.67. The van der Waals surface area contributed by atoms with E-state index >= 15 is 0 Å². The lowest BCUT2D eigenvalue weighted by molar-refractivity contribution is -0.130. The number of nitrogens with zero attached hydrogens (tertiary/aromatic N) is 2. The minimum absolute atomic E-state index is 0.0697. The van der Waals surface area contributed by atoms with Gasteiger partial charge in [-0.1, -0.05) is 30.3 Å². The van der Waals surface area contributed by atoms with Gasteiger partial charge in [0.05, 0.1) is 12.1 Å². The quantitative estimate of drug-likeness (QED) is 0.875. The van der Waals surface area contributed by atoms with Gasteiger partial charge < -0.3 is 10.6 Å². The molecular weight excluding hydrogens is 252 g/mol. The Bertz CT molecular complexity index is 573. The zero-order chi connectivity index (χ0) is 14.5. The summed E-state index contributed by atoms with van der Waals surface area (Å²) >= 11 is 0. The highest BCUT2D eigenvalue weighted by Crippen LogP contribution is 2.25. The van der Waals surface area contributed by atoms with E-state index in [1.807, 2.05) is 44.2 Å². The summed E-state index contributed by atoms with van der Waals surface area (Å²) in [6, 6.07) is 9.78. The van der Waals surface area contributed by atoms with Gasteiger partial charge in [-0.05, 0) is 19.4 Å². The first-order valence-electron chi connectivity index (χ1n) is 6.83. The summed E-state index contributed by atoms with van der Waals surface area (Å²) in [5, 5.41) is 6.96. The molecule has 3 N–H and O–H groups in total. The number of carbonyl (C=O) groups is 1. The number of nitrogens with two attached hydrogens (primary N) is 1. The van der Waals surface area contributed by atoms with Gasteiger partial charge in [0.15, 0.2) is 0 Å². The van der Waals surface area contributed by atoms with Crippen molar-refractivity contribution in [1.29, 1.82) is 0 Å². The van der Waals surface area contributed by atoms with Crippen molar-refractivity contribution in [3.63, 3.8) is 0 Å². The summed E-state index contributed by atoms with van der Waals surface area (Å²) in [5.41, 5.74) is 8.48. The third-order valence-corrected chi connectivity index (χ3v) is 3.41. The molecular formula is C15H20N4O. The number of nitrogens with one attached hydrogen (secondary N) is 1. The van der Waals surface area contributed by atoms with E-state index in [1.165, 1.54) is 0 Å². The molecule has 1 amide bonds. The molecule has 0 aliphatic heterocycles. The average Bonchev–Trinajstić information content (AvgIpc) is 2.82. The smallest absolute Gasteiger partial charge is 0.227 e. The Morgan fingerprint density at radius 2 is 1.90 bits per heavy atom. The second-order valence-corrected chi connectivity index (χ2v) is 4.57. The zero-order valence-corrected chi connectivity index (χ0v) is 11.9. The van der Waals surface area contributed by atoms with Crippen molar-refractivity contribution in [2.24, 2.45) is 0 Å². The van der Waals surface area contributed by atoms with Crippen molar-refractivity contribution < 1.29 is 4.79 Å². The molecule has 1 heterocycles. The molecule has 0 unspecified atom stereocenters. The lowest BCUT2D eigenvalue weighted by Crippen LogP contribution is -2.32. The molecule has 5 heteroatoms. The van der Waals surface area contributed by atoms with Crippen LogP contribution in [-0.4, -0.2) is 34.1 Å². The third-order valence-electron chi connectivity index (χ3n) is 3.41. The fourth-order valence-electron chi connectivity index (χ4n) is 2.24. The van der Waals surface area contributed by atoms with Gasteiger partial charge in [-0.15, -0.1) is 0 Å². The molecule has 1 aromatic carbocycles. The Morgan fingerprint density at radius 1 is 1.25 bits per heavy atom. The maximum atomic E-state index is 12.2. The largest absolute Gasteiger partial charge is 0.382 e. The van der Waals surface area contributed by atoms with Gasteiger partial charge >= 0.3 is 0 Å². The molecule has 106 valence electrons. The molecule has 0 aliphatic carbocycles. The molecule has 2 rings (SSSR count). The number of amides is 1. The SMILES string of the molecule is CCN(CC)C(=O)Cc1c(N)n[nH]c1-c1ccccc1. The van der Waals surface area contributed by atoms with Gasteiger partial charge in [0.25, 0.3) is 0 Å². The van der Waals surface area contributed by atoms with Crippen molar-refractivity contribution in [1.82, 2.24) is 15.1 Å². The van der Waals surface area contributed by atoms with E-state index in [0.717, 1.165) is 16.8 Å². The van der Waals surface area contributed by atoms with E-state index in [2.05, 4.69) is 10.2 Å². The van der Waals surface area contributed by atoms with Gasteiger partial charge in [-0.3, -0.25) is 9.89 Å². The zero-order valence-electron chi connectivity index (χ0n) is 11.9. The maximum absolute atomic E-state index is 12.2. The van der Waals surface area contributed by atoms with E-state index in [1.54, 1.807) is 4.90 Å². The number of nitrogen functional groups attached to an aromatic ring is 1. The van der Waals surface area contributed by atoms with Crippen LogP contribution < -0.4 is 5.73 Å². The number of rotatable bonds is 5. The molecule has 0 saturated heterocycles. The predicted octanol–water partition coefficient (Wildman–Crippen LogP) is 2.07. The second-order valence-electron chi connectivity index (χ2n) is 4.57. The fourth-order valence-corrected chi connectivity index (χ4v) is 2.24. The molecule has 20 heavy (non-hydrogen) atoms. The Balaban J connectivity index is 2.29. The Morgan fingerprint density at radius 3 is 2.50 bits per heavy atom. The van der Waals surface area contributed by atoms with Gasteiger partial charge in [0, 0.05) is 18.7 Å². The van der Waals surface area contributed by atoms with Crippen LogP contribution in [0.3, 0.4) is 0 Å². The summed E-state index contributed by atoms with van der Waals surface area (Å²) in [7, 11) is 0. The van der Waals surface area contributed by atoms with Crippen LogP contribution in [0.2, 0.25) is 0 Å². The number of hydrogen-bond acceptors (Lipinski definition) is 3. The number of likely N-dealkylation sites (N-methyl/N-ethyl adjacent to an activating group) is 1. The van der Waals surface area contributed by atoms with Crippen LogP contribution in [0.4, 0.5) is 5.82 Å². The summed E-state index contributed by atoms with van der Waals surface area (Å²) in [6.07, 6.45) is 0.272. The highest BCUT2D eigenvalue weighted by Gasteiger charge is 2.18. The highest BCUT2D eigenvalue weighted by atomic mass is 16.2. The third kappa shape index (κ3) is 2.82. The van der Waals surface area contributed by atoms with Crippen LogP contribution in [0.25, 0.3) is 11.3 Å². The van der Waals surface area contributed by atoms with Crippen LogP contribution >= 0.6 is 0 Å². The van der Waals surface area contributed by atoms with E-state index in [0.29, 0.717) is 18.9 Å². The van der Waals surface area contributed by atoms with Gasteiger partial charge in [-0.2, -0.15) is 5.10 Å². The van der Waals surface area contributed by atoms with Crippen molar-refractivity contribution >= 4 is 11.7 Å². The minimum Gasteiger partial charge on any atom is -0.382 e. The monoisotopic (exact) mass is 272 g/mol. The molecule has 0 aliphatic rings. The number of anilines is 1. The lowest BCUT2D eigenvalue weighted by Gasteiger charge is -2.18. The number of carbonyl (C=O) groups excluding carboxylic acids is 1. The fraction of sp³-hybridized carbons (Fsp3) is 0.333. The molecule has 0 saturated carbocycles. The summed E-state index contributed by atoms with van der Waals surface area (Å²) in [6.45, 7) is 5.35. The average molecular weight is 272 g/mol. The van der Waals surface area contributed by atoms with E-state index < -0.39 is 0 Å². The number of hydrogen-bond donors (Lipinski definition) is 2. The number of H-pyrrole nitrogens is 1. The Labute approximate surface area is 118 Å². The van der Waals surface area contributed by atoms with Crippen LogP contribution in [0, 0.1) is 0 Å². The Kier molecular flexibility index (Phi) is 4.40. The van der Waals surface area contributed by atoms with Crippen LogP contribution in [0.5, 0.6) is 0 Å². The number of aromatic amines is 1. The van der Waals surface area contributed by atoms with Crippen LogP contribution in [0.15, 0.2) is 30.3 Å². The van der Waals surface area contributed by atoms with E-state index in [-0.39, 0.29) is 12.3 Å². The van der Waals surface area contributed by atoms with Gasteiger partial charge in [0.1, 0.15) is 5.82 Å². The highest BCUT2D eigenvalue weighted by molar-refractivity contribution is 5.83. The topological polar surface area (TPSA) is 75.0 Å². The normalized spacial score (nSPS) is 10.5. The van der Waals surface area contributed by atoms with Crippen molar-refractivity contribution in [2.75, 3.05) is 18.8 Å². The van der Waals surface area contributed by atoms with E-state index in [4.69, 9.17) is 5.73 Å². The first-order valence-corrected chi connectivity index (χ1v) is 6.83. The molecule has 0 radical (unpaired) electrons. The van der Waals surface area contributed by atoms with E-state index in [9.17, 15) is 4.79 Å². The van der Waals surface area contributed by atoms with Gasteiger partial charge in [0.2, 0.25) is 5.91 Å². The maximum Gasteiger partial charge on any atom is 0.227 e. The Hall–Kier alpha value is -2.30. The van der Waals surface area contributed by atoms with Crippen LogP contribution in [0.1, 0.15) is 19.4 Å². The second kappa shape index (κ2) is 6.23. The van der Waals surface area contributed by atoms with Gasteiger partial charge in [-0.25, -0.2) is 0 Å².